The molecule has 3 aromatic rings. The number of allylic oxidation sites excluding steroid dienone is 4. The zero-order valence-electron chi connectivity index (χ0n) is 18.9. The van der Waals surface area contributed by atoms with Gasteiger partial charge in [0.2, 0.25) is 0 Å². The van der Waals surface area contributed by atoms with Crippen LogP contribution in [0.3, 0.4) is 0 Å². The Kier molecular flexibility index (Phi) is 13.3. The molecule has 4 rings (SSSR count). The standard InChI is InChI=1S/C14H11O.C9H13.C2H6Si.2ClH.Zr/c1-10-8-11-4-2-5-12(13(11)9-10)14-6-3-7-15-14;1-6-5-7(2)9(4)8(6)3;1-3-2;;;/h2-9H,1H3;6H,1-4H3;1-2H3;2*1H;/q2*-1;;;;+2. The van der Waals surface area contributed by atoms with Gasteiger partial charge in [-0.1, -0.05) is 39.7 Å². The number of fused-ring (bicyclic) bond motifs is 1. The third-order valence-electron chi connectivity index (χ3n) is 4.92. The number of rotatable bonds is 1. The van der Waals surface area contributed by atoms with Crippen LogP contribution < -0.4 is 0 Å². The predicted molar refractivity (Wildman–Crippen MR) is 134 cm³/mol. The maximum atomic E-state index is 5.44. The van der Waals surface area contributed by atoms with Crippen LogP contribution in [-0.2, 0) is 23.3 Å². The maximum Gasteiger partial charge on any atom is 0.124 e. The molecule has 1 aromatic heterocycles. The van der Waals surface area contributed by atoms with Crippen molar-refractivity contribution in [3.63, 3.8) is 0 Å². The van der Waals surface area contributed by atoms with E-state index in [1.54, 1.807) is 29.6 Å². The fourth-order valence-corrected chi connectivity index (χ4v) is 3.19. The summed E-state index contributed by atoms with van der Waals surface area (Å²) in [6.45, 7) is 15.4. The summed E-state index contributed by atoms with van der Waals surface area (Å²) in [5, 5.41) is 2.55. The summed E-state index contributed by atoms with van der Waals surface area (Å²) in [4.78, 5) is 0. The van der Waals surface area contributed by atoms with Crippen LogP contribution in [-0.4, -0.2) is 5.43 Å². The van der Waals surface area contributed by atoms with Crippen molar-refractivity contribution >= 4 is 41.0 Å². The van der Waals surface area contributed by atoms with Gasteiger partial charge < -0.3 is 4.42 Å². The Labute approximate surface area is 209 Å². The smallest absolute Gasteiger partial charge is 0.124 e. The molecule has 0 bridgehead atoms. The van der Waals surface area contributed by atoms with Crippen LogP contribution in [0.2, 0.25) is 13.1 Å². The van der Waals surface area contributed by atoms with Crippen molar-refractivity contribution in [2.45, 2.75) is 47.7 Å². The van der Waals surface area contributed by atoms with Gasteiger partial charge in [-0.3, -0.25) is 6.08 Å². The molecule has 160 valence electrons. The molecule has 0 N–H and O–H groups in total. The first-order chi connectivity index (χ1) is 13.2. The molecule has 0 aliphatic heterocycles. The quantitative estimate of drug-likeness (QED) is 0.224. The van der Waals surface area contributed by atoms with E-state index in [1.807, 2.05) is 12.1 Å². The number of hydrogen-bond donors (Lipinski definition) is 0. The number of halogens is 2. The molecule has 1 aliphatic carbocycles. The first-order valence-corrected chi connectivity index (χ1v) is 15.9. The minimum absolute atomic E-state index is 0. The van der Waals surface area contributed by atoms with E-state index >= 15 is 0 Å². The molecule has 0 saturated carbocycles. The zero-order chi connectivity index (χ0) is 20.8. The van der Waals surface area contributed by atoms with E-state index in [0.717, 1.165) is 5.76 Å². The maximum absolute atomic E-state index is 5.44. The van der Waals surface area contributed by atoms with E-state index in [-0.39, 0.29) is 30.2 Å². The minimum atomic E-state index is 0. The monoisotopic (exact) mass is 536 g/mol. The molecule has 30 heavy (non-hydrogen) atoms. The molecular formula is C25H32Cl2OSiZr. The van der Waals surface area contributed by atoms with Crippen LogP contribution in [0.15, 0.2) is 69.9 Å². The van der Waals surface area contributed by atoms with Gasteiger partial charge in [0.1, 0.15) is 5.76 Å². The Hall–Kier alpha value is -0.730. The molecule has 5 heteroatoms. The normalized spacial score (nSPS) is 14.6. The van der Waals surface area contributed by atoms with Crippen molar-refractivity contribution in [2.24, 2.45) is 5.92 Å². The zero-order valence-corrected chi connectivity index (χ0v) is 24.0. The van der Waals surface area contributed by atoms with Crippen LogP contribution in [0.1, 0.15) is 33.3 Å². The van der Waals surface area contributed by atoms with Gasteiger partial charge in [-0.2, -0.15) is 17.2 Å². The topological polar surface area (TPSA) is 13.1 Å². The van der Waals surface area contributed by atoms with Gasteiger partial charge in [0, 0.05) is 0 Å². The summed E-state index contributed by atoms with van der Waals surface area (Å²) >= 11 is 1.74. The first-order valence-electron chi connectivity index (χ1n) is 9.70. The molecular weight excluding hydrogens is 506 g/mol. The molecule has 1 heterocycles. The van der Waals surface area contributed by atoms with Crippen molar-refractivity contribution in [3.05, 3.63) is 77.1 Å². The van der Waals surface area contributed by atoms with Crippen molar-refractivity contribution in [1.29, 1.82) is 0 Å². The Morgan fingerprint density at radius 2 is 1.67 bits per heavy atom. The fraction of sp³-hybridized carbons (Fsp3) is 0.320. The van der Waals surface area contributed by atoms with Gasteiger partial charge in [-0.15, -0.1) is 66.3 Å². The molecule has 1 aliphatic rings. The molecule has 0 spiro atoms. The summed E-state index contributed by atoms with van der Waals surface area (Å²) in [5.74, 6) is 1.50. The third-order valence-corrected chi connectivity index (χ3v) is 4.92. The Morgan fingerprint density at radius 1 is 1.03 bits per heavy atom. The summed E-state index contributed by atoms with van der Waals surface area (Å²) in [6.07, 6.45) is 5.07. The fourth-order valence-electron chi connectivity index (χ4n) is 3.19. The largest absolute Gasteiger partial charge is 0.465 e. The second-order valence-electron chi connectivity index (χ2n) is 7.62. The average Bonchev–Trinajstić information content (AvgIpc) is 3.32. The predicted octanol–water partition coefficient (Wildman–Crippen LogP) is 8.48. The number of benzene rings is 1. The number of aryl methyl sites for hydroxylation is 1. The molecule has 1 atom stereocenters. The second-order valence-corrected chi connectivity index (χ2v) is 17.0. The molecule has 0 radical (unpaired) electrons. The van der Waals surface area contributed by atoms with Gasteiger partial charge >= 0.3 is 41.9 Å². The summed E-state index contributed by atoms with van der Waals surface area (Å²) in [6, 6.07) is 14.6. The van der Waals surface area contributed by atoms with E-state index in [1.165, 1.54) is 38.6 Å². The van der Waals surface area contributed by atoms with Crippen LogP contribution >= 0.6 is 24.8 Å². The molecule has 2 aromatic carbocycles. The molecule has 0 amide bonds. The van der Waals surface area contributed by atoms with Gasteiger partial charge in [-0.05, 0) is 17.7 Å². The average molecular weight is 539 g/mol. The van der Waals surface area contributed by atoms with E-state index in [9.17, 15) is 0 Å². The van der Waals surface area contributed by atoms with Gasteiger partial charge in [-0.25, -0.2) is 5.57 Å². The van der Waals surface area contributed by atoms with Crippen molar-refractivity contribution in [3.8, 4) is 11.3 Å². The number of hydrogen-bond acceptors (Lipinski definition) is 1. The Bertz CT molecular complexity index is 1010. The summed E-state index contributed by atoms with van der Waals surface area (Å²) < 4.78 is 5.44. The number of furan rings is 1. The molecule has 1 unspecified atom stereocenters. The Balaban J connectivity index is 0.000000486. The Morgan fingerprint density at radius 3 is 2.10 bits per heavy atom. The summed E-state index contributed by atoms with van der Waals surface area (Å²) in [5.41, 5.74) is 6.92. The van der Waals surface area contributed by atoms with Crippen LogP contribution in [0, 0.1) is 18.9 Å². The van der Waals surface area contributed by atoms with Gasteiger partial charge in [0.05, 0.1) is 6.26 Å². The van der Waals surface area contributed by atoms with Gasteiger partial charge in [0.25, 0.3) is 0 Å². The van der Waals surface area contributed by atoms with E-state index in [2.05, 4.69) is 84.1 Å². The van der Waals surface area contributed by atoms with Crippen LogP contribution in [0.4, 0.5) is 0 Å². The van der Waals surface area contributed by atoms with Crippen molar-refractivity contribution < 1.29 is 27.8 Å². The van der Waals surface area contributed by atoms with E-state index in [0.29, 0.717) is 5.92 Å². The molecule has 0 saturated heterocycles. The third kappa shape index (κ3) is 8.08. The van der Waals surface area contributed by atoms with E-state index < -0.39 is 0 Å². The van der Waals surface area contributed by atoms with Gasteiger partial charge in [0.15, 0.2) is 0 Å². The van der Waals surface area contributed by atoms with Crippen molar-refractivity contribution in [1.82, 2.24) is 0 Å². The van der Waals surface area contributed by atoms with E-state index in [4.69, 9.17) is 4.42 Å². The minimum Gasteiger partial charge on any atom is -0.465 e. The van der Waals surface area contributed by atoms with Crippen molar-refractivity contribution in [2.75, 3.05) is 0 Å². The van der Waals surface area contributed by atoms with Crippen LogP contribution in [0.25, 0.3) is 22.1 Å². The molecule has 0 fully saturated rings. The molecule has 1 nitrogen and oxygen atoms in total. The second kappa shape index (κ2) is 13.6. The first kappa shape index (κ1) is 29.3. The van der Waals surface area contributed by atoms with Crippen LogP contribution in [0.5, 0.6) is 0 Å². The SMILES string of the molecule is CC1=[C-]C(C)C(C)=C1C.C[Si](C)=[Zr+2].Cc1cc2c(-c3ccco3)cccc2[cH-]1.Cl.Cl. The summed E-state index contributed by atoms with van der Waals surface area (Å²) in [7, 11) is 0.